The molecule has 8 aromatic rings. The molecule has 0 saturated carbocycles. The van der Waals surface area contributed by atoms with Gasteiger partial charge in [-0.05, 0) is 116 Å². The molecule has 0 saturated heterocycles. The first-order valence-corrected chi connectivity index (χ1v) is 29.1. The number of fused-ring (bicyclic) bond motifs is 1. The fourth-order valence-electron chi connectivity index (χ4n) is 8.77. The van der Waals surface area contributed by atoms with Crippen LogP contribution in [0.25, 0.3) is 14.5 Å². The van der Waals surface area contributed by atoms with Crippen LogP contribution in [0.3, 0.4) is 0 Å². The molecule has 1 N–H and O–H groups in total. The molecule has 0 aliphatic carbocycles. The summed E-state index contributed by atoms with van der Waals surface area (Å²) in [6, 6.07) is 47.4. The molecule has 6 aromatic carbocycles. The van der Waals surface area contributed by atoms with Crippen LogP contribution in [0.4, 0.5) is 49.1 Å². The summed E-state index contributed by atoms with van der Waals surface area (Å²) < 4.78 is 21.0. The number of nitriles is 1. The van der Waals surface area contributed by atoms with Crippen LogP contribution < -0.4 is 9.80 Å². The third-order valence-electron chi connectivity index (χ3n) is 13.4. The van der Waals surface area contributed by atoms with Gasteiger partial charge in [-0.15, -0.1) is 22.7 Å². The van der Waals surface area contributed by atoms with E-state index >= 15 is 0 Å². The van der Waals surface area contributed by atoms with E-state index in [1.54, 1.807) is 62.4 Å². The van der Waals surface area contributed by atoms with Crippen molar-refractivity contribution >= 4 is 95.5 Å². The maximum absolute atomic E-state index is 12.5. The summed E-state index contributed by atoms with van der Waals surface area (Å²) in [5.74, 6) is -1.85. The number of carbonyl (C=O) groups is 4. The fraction of sp³-hybridized carbons (Fsp3) is 0.246. The van der Waals surface area contributed by atoms with E-state index < -0.39 is 17.9 Å². The second kappa shape index (κ2) is 35.4. The first-order valence-electron chi connectivity index (χ1n) is 27.5. The summed E-state index contributed by atoms with van der Waals surface area (Å²) in [5, 5.41) is 36.9. The molecule has 0 bridgehead atoms. The molecule has 2 aromatic heterocycles. The van der Waals surface area contributed by atoms with Crippen LogP contribution >= 0.6 is 22.7 Å². The van der Waals surface area contributed by atoms with E-state index in [9.17, 15) is 24.4 Å². The molecule has 90 heavy (non-hydrogen) atoms. The Hall–Kier alpha value is -10.4. The molecule has 0 radical (unpaired) electrons. The van der Waals surface area contributed by atoms with E-state index in [0.717, 1.165) is 45.9 Å². The minimum absolute atomic E-state index is 0. The zero-order valence-electron chi connectivity index (χ0n) is 48.9. The Kier molecular flexibility index (Phi) is 27.7. The highest BCUT2D eigenvalue weighted by molar-refractivity contribution is 7.20. The van der Waals surface area contributed by atoms with Crippen molar-refractivity contribution in [2.24, 2.45) is 20.5 Å². The molecule has 1 aliphatic rings. The molecule has 21 heteroatoms. The molecule has 0 amide bonds. The first kappa shape index (κ1) is 70.4. The van der Waals surface area contributed by atoms with Crippen molar-refractivity contribution in [2.45, 2.75) is 62.6 Å². The molecule has 1 aliphatic heterocycles. The molecule has 0 spiro atoms. The van der Waals surface area contributed by atoms with E-state index in [-0.39, 0.29) is 46.0 Å². The van der Waals surface area contributed by atoms with Crippen LogP contribution in [-0.2, 0) is 32.0 Å². The highest BCUT2D eigenvalue weighted by atomic mass is 32.1. The molecule has 19 nitrogen and oxygen atoms in total. The van der Waals surface area contributed by atoms with Crippen molar-refractivity contribution in [3.05, 3.63) is 240 Å². The number of hydrogen-bond acceptors (Lipinski definition) is 18. The van der Waals surface area contributed by atoms with Gasteiger partial charge in [-0.2, -0.15) is 25.7 Å². The first-order chi connectivity index (χ1) is 42.7. The Morgan fingerprint density at radius 2 is 1.06 bits per heavy atom. The van der Waals surface area contributed by atoms with E-state index in [1.807, 2.05) is 80.6 Å². The van der Waals surface area contributed by atoms with Gasteiger partial charge in [0.25, 0.3) is 0 Å². The predicted octanol–water partition coefficient (Wildman–Crippen LogP) is 17.5. The summed E-state index contributed by atoms with van der Waals surface area (Å²) in [4.78, 5) is 61.3. The maximum Gasteiger partial charge on any atom is 0.346 e. The van der Waals surface area contributed by atoms with E-state index in [4.69, 9.17) is 39.0 Å². The zero-order valence-corrected chi connectivity index (χ0v) is 50.6. The number of rotatable bonds is 23. The lowest BCUT2D eigenvalue weighted by molar-refractivity contribution is 0.0324. The fourth-order valence-corrected chi connectivity index (χ4v) is 10.5. The third-order valence-corrected chi connectivity index (χ3v) is 15.5. The normalized spacial score (nSPS) is 11.0. The number of aliphatic hydroxyl groups is 1. The minimum Gasteiger partial charge on any atom is -0.460 e. The van der Waals surface area contributed by atoms with Gasteiger partial charge in [0.1, 0.15) is 22.7 Å². The maximum atomic E-state index is 12.5. The number of aryl methyl sites for hydroxylation is 2. The summed E-state index contributed by atoms with van der Waals surface area (Å²) in [5.41, 5.74) is 10.9. The average molecular weight is 1250 g/mol. The largest absolute Gasteiger partial charge is 0.460 e. The average Bonchev–Trinajstić information content (AvgIpc) is 1.89. The van der Waals surface area contributed by atoms with Gasteiger partial charge in [-0.1, -0.05) is 113 Å². The van der Waals surface area contributed by atoms with E-state index in [0.29, 0.717) is 110 Å². The number of esters is 3. The number of ketones is 1. The van der Waals surface area contributed by atoms with Gasteiger partial charge in [0.05, 0.1) is 85.7 Å². The Balaban J connectivity index is 0.000000280. The molecule has 0 fully saturated rings. The molecule has 0 unspecified atom stereocenters. The summed E-state index contributed by atoms with van der Waals surface area (Å²) in [7, 11) is 0. The smallest absolute Gasteiger partial charge is 0.346 e. The Morgan fingerprint density at radius 1 is 0.589 bits per heavy atom. The van der Waals surface area contributed by atoms with E-state index in [1.165, 1.54) is 23.8 Å². The molecule has 9 rings (SSSR count). The van der Waals surface area contributed by atoms with Gasteiger partial charge in [0, 0.05) is 43.1 Å². The van der Waals surface area contributed by atoms with Crippen LogP contribution in [0.1, 0.15) is 101 Å². The number of ether oxygens (including phenoxy) is 4. The number of cyclic esters (lactones) is 2. The van der Waals surface area contributed by atoms with Gasteiger partial charge in [0.2, 0.25) is 16.4 Å². The molecule has 0 atom stereocenters. The third kappa shape index (κ3) is 19.1. The second-order valence-electron chi connectivity index (χ2n) is 19.4. The lowest BCUT2D eigenvalue weighted by Crippen LogP contribution is -2.27. The molecule has 460 valence electrons. The van der Waals surface area contributed by atoms with Gasteiger partial charge in [0.15, 0.2) is 5.78 Å². The molecular weight excluding hydrogens is 1180 g/mol. The number of thiophene rings is 2. The van der Waals surface area contributed by atoms with Crippen LogP contribution in [0.5, 0.6) is 0 Å². The van der Waals surface area contributed by atoms with Crippen molar-refractivity contribution in [1.29, 1.82) is 5.26 Å². The number of Topliss-reactive ketones (excluding diaryl/α,β-unsaturated/α-hetero) is 1. The number of benzene rings is 6. The van der Waals surface area contributed by atoms with Crippen molar-refractivity contribution in [1.82, 2.24) is 0 Å². The zero-order chi connectivity index (χ0) is 63.0. The highest BCUT2D eigenvalue weighted by Gasteiger charge is 2.28. The summed E-state index contributed by atoms with van der Waals surface area (Å²) >= 11 is 2.35. The monoisotopic (exact) mass is 1240 g/mol. The SMILES string of the molecule is C.C.O=C1OC(=O)c2ccccc21.[C-]#[N+]c1c(N=Nc2ccc(N(CCOCCOC(=O)c3ccccc3C(C)=O)Cc3ccccc3)cc2C)sc(C#N)c1C.[C-]#[N+]c1sc(N=Nc2ccc(N(CCOCCO)Cc3ccccc3)cc2C)c([N+]#[C-])c1C. The van der Waals surface area contributed by atoms with Crippen LogP contribution in [0.15, 0.2) is 166 Å². The number of azo groups is 2. The van der Waals surface area contributed by atoms with Crippen molar-refractivity contribution in [2.75, 3.05) is 62.5 Å². The quantitative estimate of drug-likeness (QED) is 0.0158. The highest BCUT2D eigenvalue weighted by Crippen LogP contribution is 2.48. The standard InChI is InChI=1S/C34H31N5O4S.C25H25N5O2S.C8H4O3.2CH4/c1-23-20-27(14-15-30(23)37-38-33-32(36-4)24(2)31(21-35)44-33)39(22-26-10-6-5-7-11-26)16-17-42-18-19-43-34(41)29-13-9-8-12-28(29)25(3)40;1-18-16-21(30(12-14-32-15-13-31)17-20-8-6-5-7-9-20)10-11-22(18)28-29-25-23(26-3)19(2)24(27-4)33-25;9-7-5-3-1-2-4-6(5)8(10)11-7;;/h5-15,20H,16-19,22H2,1-3H3;5-11,16,31H,12-15,17H2,1-2H3;1-4H;2*1H4. The van der Waals surface area contributed by atoms with Gasteiger partial charge in [-0.3, -0.25) is 4.79 Å². The number of anilines is 2. The minimum atomic E-state index is -0.553. The number of hydrogen-bond donors (Lipinski definition) is 1. The topological polar surface area (TPSA) is 218 Å². The van der Waals surface area contributed by atoms with Crippen molar-refractivity contribution in [3.63, 3.8) is 0 Å². The van der Waals surface area contributed by atoms with Crippen LogP contribution in [0, 0.1) is 58.7 Å². The van der Waals surface area contributed by atoms with Gasteiger partial charge in [-0.25, -0.2) is 28.9 Å². The molecule has 3 heterocycles. The Bertz CT molecular complexity index is 3990. The number of carbonyl (C=O) groups excluding carboxylic acids is 4. The second-order valence-corrected chi connectivity index (χ2v) is 21.4. The lowest BCUT2D eigenvalue weighted by atomic mass is 10.0. The van der Waals surface area contributed by atoms with Gasteiger partial charge >= 0.3 is 17.9 Å². The Labute approximate surface area is 533 Å². The summed E-state index contributed by atoms with van der Waals surface area (Å²) in [6.07, 6.45) is 0. The van der Waals surface area contributed by atoms with Crippen molar-refractivity contribution < 1.29 is 43.2 Å². The van der Waals surface area contributed by atoms with Crippen molar-refractivity contribution in [3.8, 4) is 6.07 Å². The van der Waals surface area contributed by atoms with Gasteiger partial charge < -0.3 is 33.9 Å². The number of aliphatic hydroxyl groups excluding tert-OH is 1. The van der Waals surface area contributed by atoms with E-state index in [2.05, 4.69) is 85.9 Å². The molecular formula is C69H68N10O9S2. The van der Waals surface area contributed by atoms with Crippen LogP contribution in [-0.4, -0.2) is 81.5 Å². The summed E-state index contributed by atoms with van der Waals surface area (Å²) in [6.45, 7) is 35.1. The Morgan fingerprint density at radius 3 is 1.52 bits per heavy atom. The van der Waals surface area contributed by atoms with Crippen LogP contribution in [0.2, 0.25) is 0 Å². The lowest BCUT2D eigenvalue weighted by Gasteiger charge is -2.25. The number of nitrogens with zero attached hydrogens (tertiary/aromatic N) is 10. The predicted molar refractivity (Wildman–Crippen MR) is 352 cm³/mol.